The zero-order valence-corrected chi connectivity index (χ0v) is 12.3. The van der Waals surface area contributed by atoms with Gasteiger partial charge >= 0.3 is 0 Å². The molecule has 3 aromatic rings. The van der Waals surface area contributed by atoms with E-state index in [4.69, 9.17) is 4.98 Å². The van der Waals surface area contributed by atoms with Gasteiger partial charge in [0.2, 0.25) is 0 Å². The van der Waals surface area contributed by atoms with E-state index in [0.29, 0.717) is 0 Å². The second-order valence-corrected chi connectivity index (χ2v) is 5.47. The van der Waals surface area contributed by atoms with Crippen LogP contribution >= 0.6 is 11.3 Å². The van der Waals surface area contributed by atoms with E-state index in [9.17, 15) is 0 Å². The molecule has 4 heteroatoms. The lowest BCUT2D eigenvalue weighted by Gasteiger charge is -2.03. The topological polar surface area (TPSA) is 38.7 Å². The summed E-state index contributed by atoms with van der Waals surface area (Å²) in [4.78, 5) is 13.3. The lowest BCUT2D eigenvalue weighted by Crippen LogP contribution is -1.89. The Bertz CT molecular complexity index is 717. The van der Waals surface area contributed by atoms with Crippen molar-refractivity contribution in [1.29, 1.82) is 0 Å². The lowest BCUT2D eigenvalue weighted by atomic mass is 10.1. The third-order valence-corrected chi connectivity index (χ3v) is 4.12. The number of aromatic nitrogens is 3. The summed E-state index contributed by atoms with van der Waals surface area (Å²) in [5.41, 5.74) is 5.48. The second-order valence-electron chi connectivity index (χ2n) is 4.61. The van der Waals surface area contributed by atoms with Crippen LogP contribution in [0.3, 0.4) is 0 Å². The first-order valence-electron chi connectivity index (χ1n) is 6.59. The highest BCUT2D eigenvalue weighted by Crippen LogP contribution is 2.30. The Morgan fingerprint density at radius 3 is 2.80 bits per heavy atom. The van der Waals surface area contributed by atoms with Gasteiger partial charge in [-0.3, -0.25) is 9.97 Å². The zero-order valence-electron chi connectivity index (χ0n) is 11.5. The fourth-order valence-corrected chi connectivity index (χ4v) is 2.90. The third-order valence-electron chi connectivity index (χ3n) is 3.23. The van der Waals surface area contributed by atoms with Crippen LogP contribution in [0, 0.1) is 6.92 Å². The molecule has 0 aliphatic heterocycles. The number of rotatable bonds is 3. The minimum absolute atomic E-state index is 0.983. The molecule has 0 bridgehead atoms. The largest absolute Gasteiger partial charge is 0.264 e. The molecule has 3 rings (SSSR count). The van der Waals surface area contributed by atoms with Crippen LogP contribution in [0.25, 0.3) is 21.8 Å². The van der Waals surface area contributed by atoms with E-state index < -0.39 is 0 Å². The molecule has 0 aliphatic carbocycles. The van der Waals surface area contributed by atoms with Crippen molar-refractivity contribution in [2.75, 3.05) is 0 Å². The van der Waals surface area contributed by atoms with Crippen molar-refractivity contribution >= 4 is 11.3 Å². The molecule has 0 fully saturated rings. The van der Waals surface area contributed by atoms with Crippen molar-refractivity contribution in [3.63, 3.8) is 0 Å². The Kier molecular flexibility index (Phi) is 3.56. The van der Waals surface area contributed by atoms with E-state index in [2.05, 4.69) is 34.4 Å². The van der Waals surface area contributed by atoms with E-state index in [1.807, 2.05) is 31.6 Å². The van der Waals surface area contributed by atoms with Gasteiger partial charge in [-0.25, -0.2) is 4.98 Å². The van der Waals surface area contributed by atoms with E-state index in [1.54, 1.807) is 11.3 Å². The summed E-state index contributed by atoms with van der Waals surface area (Å²) in [7, 11) is 0. The predicted octanol–water partition coefficient (Wildman–Crippen LogP) is 4.14. The summed E-state index contributed by atoms with van der Waals surface area (Å²) in [6.45, 7) is 4.14. The molecule has 0 spiro atoms. The minimum atomic E-state index is 0.983. The molecule has 0 aliphatic rings. The maximum absolute atomic E-state index is 4.73. The predicted molar refractivity (Wildman–Crippen MR) is 82.7 cm³/mol. The lowest BCUT2D eigenvalue weighted by molar-refractivity contribution is 1.12. The molecule has 0 saturated carbocycles. The summed E-state index contributed by atoms with van der Waals surface area (Å²) in [5, 5.41) is 3.09. The molecule has 0 N–H and O–H groups in total. The molecule has 20 heavy (non-hydrogen) atoms. The smallest absolute Gasteiger partial charge is 0.125 e. The quantitative estimate of drug-likeness (QED) is 0.724. The van der Waals surface area contributed by atoms with Gasteiger partial charge < -0.3 is 0 Å². The van der Waals surface area contributed by atoms with Gasteiger partial charge in [-0.15, -0.1) is 11.3 Å². The van der Waals surface area contributed by atoms with Crippen LogP contribution in [0.1, 0.15) is 18.2 Å². The van der Waals surface area contributed by atoms with Gasteiger partial charge in [-0.1, -0.05) is 6.92 Å². The first-order valence-corrected chi connectivity index (χ1v) is 7.47. The Labute approximate surface area is 122 Å². The van der Waals surface area contributed by atoms with Crippen molar-refractivity contribution in [3.05, 3.63) is 53.4 Å². The fraction of sp³-hybridized carbons (Fsp3) is 0.188. The number of aryl methyl sites for hydroxylation is 2. The van der Waals surface area contributed by atoms with Gasteiger partial charge in [-0.05, 0) is 37.1 Å². The highest BCUT2D eigenvalue weighted by Gasteiger charge is 2.09. The van der Waals surface area contributed by atoms with Crippen molar-refractivity contribution in [3.8, 4) is 21.8 Å². The number of pyridine rings is 2. The molecule has 0 saturated heterocycles. The molecule has 0 unspecified atom stereocenters. The van der Waals surface area contributed by atoms with E-state index in [0.717, 1.165) is 33.9 Å². The highest BCUT2D eigenvalue weighted by atomic mass is 32.1. The maximum Gasteiger partial charge on any atom is 0.125 e. The zero-order chi connectivity index (χ0) is 13.9. The number of hydrogen-bond acceptors (Lipinski definition) is 4. The fourth-order valence-electron chi connectivity index (χ4n) is 2.09. The Hall–Kier alpha value is -2.07. The Balaban J connectivity index is 2.00. The van der Waals surface area contributed by atoms with Crippen LogP contribution in [0.5, 0.6) is 0 Å². The van der Waals surface area contributed by atoms with Crippen molar-refractivity contribution in [2.24, 2.45) is 0 Å². The summed E-state index contributed by atoms with van der Waals surface area (Å²) in [6, 6.07) is 6.13. The monoisotopic (exact) mass is 281 g/mol. The van der Waals surface area contributed by atoms with Gasteiger partial charge in [-0.2, -0.15) is 0 Å². The molecule has 0 amide bonds. The van der Waals surface area contributed by atoms with Gasteiger partial charge in [0, 0.05) is 40.8 Å². The van der Waals surface area contributed by atoms with Crippen LogP contribution < -0.4 is 0 Å². The molecule has 3 nitrogen and oxygen atoms in total. The summed E-state index contributed by atoms with van der Waals surface area (Å²) in [6.07, 6.45) is 6.59. The van der Waals surface area contributed by atoms with E-state index >= 15 is 0 Å². The summed E-state index contributed by atoms with van der Waals surface area (Å²) < 4.78 is 0. The normalized spacial score (nSPS) is 10.7. The number of nitrogens with zero attached hydrogens (tertiary/aromatic N) is 3. The third kappa shape index (κ3) is 2.47. The first-order chi connectivity index (χ1) is 9.78. The average molecular weight is 281 g/mol. The minimum Gasteiger partial charge on any atom is -0.264 e. The van der Waals surface area contributed by atoms with Gasteiger partial charge in [0.05, 0.1) is 5.69 Å². The Morgan fingerprint density at radius 1 is 1.15 bits per heavy atom. The van der Waals surface area contributed by atoms with Gasteiger partial charge in [0.1, 0.15) is 5.01 Å². The summed E-state index contributed by atoms with van der Waals surface area (Å²) in [5.74, 6) is 0. The maximum atomic E-state index is 4.73. The van der Waals surface area contributed by atoms with Crippen molar-refractivity contribution in [1.82, 2.24) is 15.0 Å². The number of hydrogen-bond donors (Lipinski definition) is 0. The molecule has 0 atom stereocenters. The van der Waals surface area contributed by atoms with Crippen LogP contribution in [-0.2, 0) is 6.42 Å². The molecule has 0 radical (unpaired) electrons. The van der Waals surface area contributed by atoms with Gasteiger partial charge in [0.25, 0.3) is 0 Å². The molecule has 3 heterocycles. The van der Waals surface area contributed by atoms with Crippen LogP contribution in [0.15, 0.2) is 42.2 Å². The van der Waals surface area contributed by atoms with Crippen molar-refractivity contribution < 1.29 is 0 Å². The van der Waals surface area contributed by atoms with Crippen molar-refractivity contribution in [2.45, 2.75) is 20.3 Å². The highest BCUT2D eigenvalue weighted by molar-refractivity contribution is 7.13. The first kappa shape index (κ1) is 12.9. The Morgan fingerprint density at radius 2 is 2.05 bits per heavy atom. The average Bonchev–Trinajstić information content (AvgIpc) is 2.97. The van der Waals surface area contributed by atoms with Crippen LogP contribution in [0.2, 0.25) is 0 Å². The van der Waals surface area contributed by atoms with Crippen LogP contribution in [0.4, 0.5) is 0 Å². The SMILES string of the molecule is CCc1ccncc1-c1csc(-c2ccc(C)nc2)n1. The van der Waals surface area contributed by atoms with Gasteiger partial charge in [0.15, 0.2) is 0 Å². The standard InChI is InChI=1S/C16H15N3S/c1-3-12-6-7-17-9-14(12)15-10-20-16(19-15)13-5-4-11(2)18-8-13/h4-10H,3H2,1-2H3. The second kappa shape index (κ2) is 5.51. The molecular weight excluding hydrogens is 266 g/mol. The summed E-state index contributed by atoms with van der Waals surface area (Å²) >= 11 is 1.64. The molecular formula is C16H15N3S. The molecule has 3 aromatic heterocycles. The van der Waals surface area contributed by atoms with E-state index in [1.165, 1.54) is 5.56 Å². The number of thiazole rings is 1. The molecule has 0 aromatic carbocycles. The van der Waals surface area contributed by atoms with E-state index in [-0.39, 0.29) is 0 Å². The van der Waals surface area contributed by atoms with Crippen LogP contribution in [-0.4, -0.2) is 15.0 Å². The molecule has 100 valence electrons.